The molecule has 3 atom stereocenters. The van der Waals surface area contributed by atoms with E-state index < -0.39 is 0 Å². The third-order valence-corrected chi connectivity index (χ3v) is 3.03. The van der Waals surface area contributed by atoms with Gasteiger partial charge in [-0.05, 0) is 24.2 Å². The fourth-order valence-electron chi connectivity index (χ4n) is 1.40. The van der Waals surface area contributed by atoms with Gasteiger partial charge in [-0.15, -0.1) is 0 Å². The summed E-state index contributed by atoms with van der Waals surface area (Å²) in [5, 5.41) is 0. The van der Waals surface area contributed by atoms with Gasteiger partial charge in [0.1, 0.15) is 0 Å². The van der Waals surface area contributed by atoms with Crippen molar-refractivity contribution in [3.8, 4) is 0 Å². The van der Waals surface area contributed by atoms with E-state index in [0.29, 0.717) is 0 Å². The second kappa shape index (κ2) is 3.42. The molecule has 0 bridgehead atoms. The Morgan fingerprint density at radius 1 is 1.55 bits per heavy atom. The van der Waals surface area contributed by atoms with E-state index in [2.05, 4.69) is 33.8 Å². The van der Waals surface area contributed by atoms with Crippen LogP contribution in [-0.4, -0.2) is 0 Å². The fraction of sp³-hybridized carbons (Fsp3) is 0.818. The summed E-state index contributed by atoms with van der Waals surface area (Å²) in [7, 11) is 0. The van der Waals surface area contributed by atoms with Crippen molar-refractivity contribution in [2.24, 2.45) is 17.8 Å². The molecule has 1 aliphatic rings. The van der Waals surface area contributed by atoms with Crippen LogP contribution in [0.5, 0.6) is 0 Å². The van der Waals surface area contributed by atoms with Crippen molar-refractivity contribution in [2.45, 2.75) is 40.5 Å². The number of rotatable bonds is 3. The van der Waals surface area contributed by atoms with Gasteiger partial charge in [-0.25, -0.2) is 0 Å². The van der Waals surface area contributed by atoms with Crippen LogP contribution in [0.3, 0.4) is 0 Å². The van der Waals surface area contributed by atoms with E-state index in [4.69, 9.17) is 0 Å². The molecule has 1 saturated carbocycles. The van der Waals surface area contributed by atoms with Crippen LogP contribution in [0.25, 0.3) is 0 Å². The topological polar surface area (TPSA) is 0 Å². The summed E-state index contributed by atoms with van der Waals surface area (Å²) in [6.07, 6.45) is 5.15. The van der Waals surface area contributed by atoms with E-state index in [1.165, 1.54) is 12.8 Å². The maximum Gasteiger partial charge on any atom is -0.0194 e. The average Bonchev–Trinajstić information content (AvgIpc) is 2.65. The molecule has 64 valence electrons. The fourth-order valence-corrected chi connectivity index (χ4v) is 1.40. The molecule has 0 aromatic heterocycles. The van der Waals surface area contributed by atoms with Crippen molar-refractivity contribution in [3.63, 3.8) is 0 Å². The minimum absolute atomic E-state index is 0.792. The van der Waals surface area contributed by atoms with Crippen molar-refractivity contribution < 1.29 is 0 Å². The highest BCUT2D eigenvalue weighted by Crippen LogP contribution is 2.38. The molecule has 11 heavy (non-hydrogen) atoms. The van der Waals surface area contributed by atoms with E-state index in [1.807, 2.05) is 0 Å². The molecule has 0 spiro atoms. The summed E-state index contributed by atoms with van der Waals surface area (Å²) in [5.74, 6) is 2.55. The van der Waals surface area contributed by atoms with Crippen LogP contribution in [0.15, 0.2) is 11.6 Å². The van der Waals surface area contributed by atoms with Crippen LogP contribution in [0.2, 0.25) is 0 Å². The third-order valence-electron chi connectivity index (χ3n) is 3.03. The van der Waals surface area contributed by atoms with Crippen molar-refractivity contribution in [2.75, 3.05) is 0 Å². The number of hydrogen-bond acceptors (Lipinski definition) is 0. The maximum absolute atomic E-state index is 2.48. The highest BCUT2D eigenvalue weighted by molar-refractivity contribution is 5.22. The molecular weight excluding hydrogens is 132 g/mol. The summed E-state index contributed by atoms with van der Waals surface area (Å²) in [4.78, 5) is 0. The van der Waals surface area contributed by atoms with Crippen molar-refractivity contribution in [1.82, 2.24) is 0 Å². The van der Waals surface area contributed by atoms with Gasteiger partial charge >= 0.3 is 0 Å². The molecule has 1 aliphatic carbocycles. The van der Waals surface area contributed by atoms with Crippen molar-refractivity contribution >= 4 is 0 Å². The van der Waals surface area contributed by atoms with Gasteiger partial charge in [-0.2, -0.15) is 0 Å². The SMILES string of the molecule is CCC(C)C(C)C=C1CC1C. The Morgan fingerprint density at radius 2 is 2.09 bits per heavy atom. The van der Waals surface area contributed by atoms with Crippen LogP contribution >= 0.6 is 0 Å². The average molecular weight is 152 g/mol. The minimum Gasteiger partial charge on any atom is -0.0819 e. The molecule has 0 N–H and O–H groups in total. The number of allylic oxidation sites excluding steroid dienone is 2. The minimum atomic E-state index is 0.792. The van der Waals surface area contributed by atoms with Crippen LogP contribution in [-0.2, 0) is 0 Å². The maximum atomic E-state index is 2.48. The summed E-state index contributed by atoms with van der Waals surface area (Å²) < 4.78 is 0. The van der Waals surface area contributed by atoms with Crippen molar-refractivity contribution in [3.05, 3.63) is 11.6 Å². The van der Waals surface area contributed by atoms with Crippen LogP contribution in [0, 0.1) is 17.8 Å². The summed E-state index contributed by atoms with van der Waals surface area (Å²) in [5.41, 5.74) is 1.69. The van der Waals surface area contributed by atoms with E-state index in [0.717, 1.165) is 17.8 Å². The molecule has 0 heterocycles. The quantitative estimate of drug-likeness (QED) is 0.542. The monoisotopic (exact) mass is 152 g/mol. The predicted molar refractivity (Wildman–Crippen MR) is 50.5 cm³/mol. The van der Waals surface area contributed by atoms with E-state index >= 15 is 0 Å². The van der Waals surface area contributed by atoms with Crippen LogP contribution in [0.4, 0.5) is 0 Å². The smallest absolute Gasteiger partial charge is 0.0194 e. The molecule has 0 heteroatoms. The molecule has 1 fully saturated rings. The molecule has 0 saturated heterocycles. The second-order valence-electron chi connectivity index (χ2n) is 4.09. The molecular formula is C11H20. The van der Waals surface area contributed by atoms with Crippen LogP contribution < -0.4 is 0 Å². The summed E-state index contributed by atoms with van der Waals surface area (Å²) >= 11 is 0. The largest absolute Gasteiger partial charge is 0.0819 e. The van der Waals surface area contributed by atoms with Gasteiger partial charge in [-0.3, -0.25) is 0 Å². The Hall–Kier alpha value is -0.260. The zero-order valence-electron chi connectivity index (χ0n) is 8.22. The molecule has 1 rings (SSSR count). The molecule has 0 amide bonds. The standard InChI is InChI=1S/C11H20/c1-5-8(2)9(3)6-11-7-10(11)4/h6,8-10H,5,7H2,1-4H3. The van der Waals surface area contributed by atoms with E-state index in [1.54, 1.807) is 5.57 Å². The number of hydrogen-bond donors (Lipinski definition) is 0. The molecule has 0 radical (unpaired) electrons. The lowest BCUT2D eigenvalue weighted by atomic mass is 9.93. The Kier molecular flexibility index (Phi) is 2.75. The van der Waals surface area contributed by atoms with Gasteiger partial charge in [0.25, 0.3) is 0 Å². The first-order valence-electron chi connectivity index (χ1n) is 4.85. The van der Waals surface area contributed by atoms with E-state index in [-0.39, 0.29) is 0 Å². The van der Waals surface area contributed by atoms with Crippen LogP contribution in [0.1, 0.15) is 40.5 Å². The molecule has 0 aromatic rings. The van der Waals surface area contributed by atoms with E-state index in [9.17, 15) is 0 Å². The summed E-state index contributed by atoms with van der Waals surface area (Å²) in [6, 6.07) is 0. The Bertz CT molecular complexity index is 155. The molecule has 0 nitrogen and oxygen atoms in total. The Morgan fingerprint density at radius 3 is 2.45 bits per heavy atom. The van der Waals surface area contributed by atoms with Crippen molar-refractivity contribution in [1.29, 1.82) is 0 Å². The lowest BCUT2D eigenvalue weighted by Gasteiger charge is -2.13. The highest BCUT2D eigenvalue weighted by atomic mass is 14.3. The van der Waals surface area contributed by atoms with Gasteiger partial charge in [0.15, 0.2) is 0 Å². The summed E-state index contributed by atoms with van der Waals surface area (Å²) in [6.45, 7) is 9.27. The lowest BCUT2D eigenvalue weighted by molar-refractivity contribution is 0.445. The Balaban J connectivity index is 2.37. The van der Waals surface area contributed by atoms with Gasteiger partial charge in [0.2, 0.25) is 0 Å². The zero-order valence-corrected chi connectivity index (χ0v) is 8.22. The van der Waals surface area contributed by atoms with Gasteiger partial charge in [0, 0.05) is 0 Å². The third kappa shape index (κ3) is 2.36. The molecule has 0 aliphatic heterocycles. The first kappa shape index (κ1) is 8.83. The first-order valence-corrected chi connectivity index (χ1v) is 4.85. The van der Waals surface area contributed by atoms with Gasteiger partial charge in [-0.1, -0.05) is 45.8 Å². The first-order chi connectivity index (χ1) is 5.15. The molecule has 3 unspecified atom stereocenters. The van der Waals surface area contributed by atoms with Gasteiger partial charge < -0.3 is 0 Å². The predicted octanol–water partition coefficient (Wildman–Crippen LogP) is 3.63. The second-order valence-corrected chi connectivity index (χ2v) is 4.09. The normalized spacial score (nSPS) is 32.0. The zero-order chi connectivity index (χ0) is 8.43. The lowest BCUT2D eigenvalue weighted by Crippen LogP contribution is -2.02. The molecule has 0 aromatic carbocycles. The highest BCUT2D eigenvalue weighted by Gasteiger charge is 2.24. The van der Waals surface area contributed by atoms with Gasteiger partial charge in [0.05, 0.1) is 0 Å². The Labute approximate surface area is 70.7 Å².